The number of amides is 1. The number of carbonyl (C=O) groups is 1. The van der Waals surface area contributed by atoms with Gasteiger partial charge < -0.3 is 15.5 Å². The topological polar surface area (TPSA) is 49.6 Å². The second-order valence-corrected chi connectivity index (χ2v) is 4.17. The molecule has 2 N–H and O–H groups in total. The normalized spacial score (nSPS) is 17.4. The molecule has 4 heteroatoms. The number of piperazine rings is 1. The van der Waals surface area contributed by atoms with Gasteiger partial charge in [0, 0.05) is 31.9 Å². The predicted molar refractivity (Wildman–Crippen MR) is 64.7 cm³/mol. The summed E-state index contributed by atoms with van der Waals surface area (Å²) < 4.78 is 0. The van der Waals surface area contributed by atoms with Crippen molar-refractivity contribution in [2.75, 3.05) is 38.1 Å². The molecule has 4 nitrogen and oxygen atoms in total. The minimum Gasteiger partial charge on any atom is -0.368 e. The van der Waals surface area contributed by atoms with E-state index in [-0.39, 0.29) is 5.91 Å². The summed E-state index contributed by atoms with van der Waals surface area (Å²) in [5.74, 6) is -0.352. The van der Waals surface area contributed by atoms with Crippen molar-refractivity contribution in [3.8, 4) is 0 Å². The highest BCUT2D eigenvalue weighted by molar-refractivity contribution is 5.98. The molecule has 1 saturated heterocycles. The first kappa shape index (κ1) is 11.0. The fraction of sp³-hybridized carbons (Fsp3) is 0.417. The number of primary amides is 1. The number of nitrogens with zero attached hydrogens (tertiary/aromatic N) is 2. The fourth-order valence-corrected chi connectivity index (χ4v) is 2.01. The summed E-state index contributed by atoms with van der Waals surface area (Å²) in [4.78, 5) is 15.8. The molecule has 0 aromatic heterocycles. The van der Waals surface area contributed by atoms with E-state index in [2.05, 4.69) is 16.8 Å². The molecule has 2 rings (SSSR count). The van der Waals surface area contributed by atoms with Crippen molar-refractivity contribution in [3.63, 3.8) is 0 Å². The lowest BCUT2D eigenvalue weighted by molar-refractivity contribution is 0.100. The van der Waals surface area contributed by atoms with E-state index in [1.54, 1.807) is 6.07 Å². The molecular weight excluding hydrogens is 202 g/mol. The Morgan fingerprint density at radius 2 is 1.81 bits per heavy atom. The molecule has 1 aromatic rings. The Kier molecular flexibility index (Phi) is 3.10. The second-order valence-electron chi connectivity index (χ2n) is 4.17. The number of carbonyl (C=O) groups excluding carboxylic acids is 1. The van der Waals surface area contributed by atoms with E-state index < -0.39 is 0 Å². The average molecular weight is 219 g/mol. The number of hydrogen-bond donors (Lipinski definition) is 1. The lowest BCUT2D eigenvalue weighted by Gasteiger charge is -2.34. The second kappa shape index (κ2) is 4.53. The van der Waals surface area contributed by atoms with Gasteiger partial charge >= 0.3 is 0 Å². The van der Waals surface area contributed by atoms with Gasteiger partial charge in [-0.15, -0.1) is 0 Å². The Labute approximate surface area is 95.6 Å². The number of hydrogen-bond acceptors (Lipinski definition) is 3. The Hall–Kier alpha value is -1.55. The summed E-state index contributed by atoms with van der Waals surface area (Å²) in [5, 5.41) is 0. The van der Waals surface area contributed by atoms with E-state index in [0.717, 1.165) is 31.9 Å². The van der Waals surface area contributed by atoms with Gasteiger partial charge in [0.25, 0.3) is 5.91 Å². The minimum atomic E-state index is -0.352. The molecule has 1 aliphatic rings. The maximum absolute atomic E-state index is 11.3. The van der Waals surface area contributed by atoms with Crippen molar-refractivity contribution >= 4 is 11.6 Å². The van der Waals surface area contributed by atoms with Crippen molar-refractivity contribution in [2.24, 2.45) is 5.73 Å². The molecule has 86 valence electrons. The first-order chi connectivity index (χ1) is 7.68. The summed E-state index contributed by atoms with van der Waals surface area (Å²) in [6.45, 7) is 3.93. The molecule has 1 amide bonds. The summed E-state index contributed by atoms with van der Waals surface area (Å²) in [5.41, 5.74) is 6.95. The molecular formula is C12H17N3O. The molecule has 1 aliphatic heterocycles. The number of benzene rings is 1. The number of anilines is 1. The van der Waals surface area contributed by atoms with E-state index >= 15 is 0 Å². The molecule has 0 atom stereocenters. The Bertz CT molecular complexity index is 384. The van der Waals surface area contributed by atoms with Crippen LogP contribution in [0.4, 0.5) is 5.69 Å². The van der Waals surface area contributed by atoms with Crippen LogP contribution in [0.3, 0.4) is 0 Å². The third kappa shape index (κ3) is 2.17. The van der Waals surface area contributed by atoms with Crippen LogP contribution >= 0.6 is 0 Å². The monoisotopic (exact) mass is 219 g/mol. The maximum Gasteiger partial charge on any atom is 0.250 e. The van der Waals surface area contributed by atoms with Crippen molar-refractivity contribution in [1.82, 2.24) is 4.90 Å². The number of nitrogens with two attached hydrogens (primary N) is 1. The van der Waals surface area contributed by atoms with Gasteiger partial charge in [-0.1, -0.05) is 12.1 Å². The van der Waals surface area contributed by atoms with Crippen LogP contribution in [0.2, 0.25) is 0 Å². The van der Waals surface area contributed by atoms with E-state index in [4.69, 9.17) is 5.73 Å². The molecule has 0 radical (unpaired) electrons. The van der Waals surface area contributed by atoms with Crippen LogP contribution in [-0.4, -0.2) is 44.0 Å². The van der Waals surface area contributed by atoms with Crippen LogP contribution in [0, 0.1) is 0 Å². The number of rotatable bonds is 2. The third-order valence-corrected chi connectivity index (χ3v) is 3.01. The summed E-state index contributed by atoms with van der Waals surface area (Å²) in [6, 6.07) is 7.54. The van der Waals surface area contributed by atoms with E-state index in [9.17, 15) is 4.79 Å². The maximum atomic E-state index is 11.3. The molecule has 1 fully saturated rings. The molecule has 16 heavy (non-hydrogen) atoms. The highest BCUT2D eigenvalue weighted by Crippen LogP contribution is 2.20. The van der Waals surface area contributed by atoms with Gasteiger partial charge in [-0.25, -0.2) is 0 Å². The molecule has 0 bridgehead atoms. The van der Waals surface area contributed by atoms with Gasteiger partial charge in [-0.2, -0.15) is 0 Å². The zero-order valence-corrected chi connectivity index (χ0v) is 9.52. The third-order valence-electron chi connectivity index (χ3n) is 3.01. The largest absolute Gasteiger partial charge is 0.368 e. The predicted octanol–water partition coefficient (Wildman–Crippen LogP) is 0.537. The molecule has 1 heterocycles. The number of para-hydroxylation sites is 1. The average Bonchev–Trinajstić information content (AvgIpc) is 2.30. The van der Waals surface area contributed by atoms with Crippen LogP contribution in [-0.2, 0) is 0 Å². The summed E-state index contributed by atoms with van der Waals surface area (Å²) >= 11 is 0. The lowest BCUT2D eigenvalue weighted by atomic mass is 10.1. The molecule has 0 aliphatic carbocycles. The quantitative estimate of drug-likeness (QED) is 0.789. The van der Waals surface area contributed by atoms with Gasteiger partial charge in [-0.05, 0) is 19.2 Å². The van der Waals surface area contributed by atoms with Gasteiger partial charge in [0.1, 0.15) is 0 Å². The van der Waals surface area contributed by atoms with Crippen molar-refractivity contribution in [3.05, 3.63) is 29.8 Å². The summed E-state index contributed by atoms with van der Waals surface area (Å²) in [7, 11) is 2.11. The van der Waals surface area contributed by atoms with Crippen LogP contribution in [0.1, 0.15) is 10.4 Å². The smallest absolute Gasteiger partial charge is 0.250 e. The minimum absolute atomic E-state index is 0.352. The van der Waals surface area contributed by atoms with Crippen LogP contribution in [0.25, 0.3) is 0 Å². The first-order valence-electron chi connectivity index (χ1n) is 5.51. The molecule has 1 aromatic carbocycles. The van der Waals surface area contributed by atoms with Crippen LogP contribution in [0.15, 0.2) is 24.3 Å². The Balaban J connectivity index is 2.23. The lowest BCUT2D eigenvalue weighted by Crippen LogP contribution is -2.45. The zero-order chi connectivity index (χ0) is 11.5. The van der Waals surface area contributed by atoms with E-state index in [1.807, 2.05) is 18.2 Å². The zero-order valence-electron chi connectivity index (χ0n) is 9.52. The van der Waals surface area contributed by atoms with Crippen molar-refractivity contribution in [2.45, 2.75) is 0 Å². The SMILES string of the molecule is CN1CCN(c2ccccc2C(N)=O)CC1. The fourth-order valence-electron chi connectivity index (χ4n) is 2.01. The molecule has 0 spiro atoms. The van der Waals surface area contributed by atoms with Crippen LogP contribution in [0.5, 0.6) is 0 Å². The van der Waals surface area contributed by atoms with Crippen molar-refractivity contribution < 1.29 is 4.79 Å². The Morgan fingerprint density at radius 1 is 1.19 bits per heavy atom. The first-order valence-corrected chi connectivity index (χ1v) is 5.51. The highest BCUT2D eigenvalue weighted by atomic mass is 16.1. The van der Waals surface area contributed by atoms with Gasteiger partial charge in [0.15, 0.2) is 0 Å². The summed E-state index contributed by atoms with van der Waals surface area (Å²) in [6.07, 6.45) is 0. The standard InChI is InChI=1S/C12H17N3O/c1-14-6-8-15(9-7-14)11-5-3-2-4-10(11)12(13)16/h2-5H,6-9H2,1H3,(H2,13,16). The number of likely N-dealkylation sites (N-methyl/N-ethyl adjacent to an activating group) is 1. The highest BCUT2D eigenvalue weighted by Gasteiger charge is 2.18. The van der Waals surface area contributed by atoms with Crippen molar-refractivity contribution in [1.29, 1.82) is 0 Å². The van der Waals surface area contributed by atoms with Crippen LogP contribution < -0.4 is 10.6 Å². The van der Waals surface area contributed by atoms with Gasteiger partial charge in [0.05, 0.1) is 5.56 Å². The Morgan fingerprint density at radius 3 is 2.44 bits per heavy atom. The van der Waals surface area contributed by atoms with E-state index in [0.29, 0.717) is 5.56 Å². The molecule has 0 saturated carbocycles. The van der Waals surface area contributed by atoms with Gasteiger partial charge in [-0.3, -0.25) is 4.79 Å². The molecule has 0 unspecified atom stereocenters. The van der Waals surface area contributed by atoms with Gasteiger partial charge in [0.2, 0.25) is 0 Å². The van der Waals surface area contributed by atoms with E-state index in [1.165, 1.54) is 0 Å².